The Kier molecular flexibility index (Phi) is 3.52. The lowest BCUT2D eigenvalue weighted by Crippen LogP contribution is -2.43. The molecule has 1 aromatic carbocycles. The number of carbonyl (C=O) groups is 1. The number of benzene rings is 1. The highest BCUT2D eigenvalue weighted by Gasteiger charge is 2.32. The normalized spacial score (nSPS) is 14.3. The van der Waals surface area contributed by atoms with E-state index in [4.69, 9.17) is 0 Å². The zero-order chi connectivity index (χ0) is 13.2. The van der Waals surface area contributed by atoms with Crippen molar-refractivity contribution in [3.63, 3.8) is 0 Å². The molecule has 4 nitrogen and oxygen atoms in total. The van der Waals surface area contributed by atoms with E-state index in [-0.39, 0.29) is 0 Å². The quantitative estimate of drug-likeness (QED) is 0.869. The summed E-state index contributed by atoms with van der Waals surface area (Å²) in [5, 5.41) is 14.3. The van der Waals surface area contributed by atoms with Crippen molar-refractivity contribution in [3.05, 3.63) is 24.3 Å². The van der Waals surface area contributed by atoms with Crippen LogP contribution in [0.3, 0.4) is 0 Å². The van der Waals surface area contributed by atoms with Crippen molar-refractivity contribution in [2.24, 2.45) is 0 Å². The van der Waals surface area contributed by atoms with Crippen LogP contribution < -0.4 is 5.32 Å². The van der Waals surface area contributed by atoms with Crippen LogP contribution in [0.1, 0.15) is 26.7 Å². The molecule has 0 fully saturated rings. The number of hydrogen-bond acceptors (Lipinski definition) is 4. The Labute approximate surface area is 110 Å². The number of hydrogen-bond donors (Lipinski definition) is 2. The van der Waals surface area contributed by atoms with Gasteiger partial charge >= 0.3 is 5.97 Å². The molecule has 0 aliphatic rings. The lowest BCUT2D eigenvalue weighted by atomic mass is 9.96. The van der Waals surface area contributed by atoms with Crippen LogP contribution in [0.25, 0.3) is 10.9 Å². The fourth-order valence-electron chi connectivity index (χ4n) is 1.95. The highest BCUT2D eigenvalue weighted by molar-refractivity contribution is 7.11. The van der Waals surface area contributed by atoms with Crippen LogP contribution in [0.2, 0.25) is 0 Å². The zero-order valence-electron chi connectivity index (χ0n) is 10.4. The minimum absolute atomic E-state index is 0.578. The number of aromatic nitrogens is 1. The molecule has 5 heteroatoms. The molecule has 1 aromatic heterocycles. The molecule has 1 heterocycles. The second-order valence-corrected chi connectivity index (χ2v) is 5.31. The van der Waals surface area contributed by atoms with Crippen LogP contribution >= 0.6 is 11.5 Å². The second kappa shape index (κ2) is 4.94. The summed E-state index contributed by atoms with van der Waals surface area (Å²) in [4.78, 5) is 11.4. The predicted octanol–water partition coefficient (Wildman–Crippen LogP) is 3.35. The van der Waals surface area contributed by atoms with Gasteiger partial charge in [0.25, 0.3) is 0 Å². The van der Waals surface area contributed by atoms with Gasteiger partial charge in [-0.15, -0.1) is 0 Å². The summed E-state index contributed by atoms with van der Waals surface area (Å²) in [6.45, 7) is 3.70. The maximum Gasteiger partial charge on any atom is 0.329 e. The number of anilines is 1. The number of rotatable bonds is 5. The van der Waals surface area contributed by atoms with Gasteiger partial charge in [-0.1, -0.05) is 25.5 Å². The van der Waals surface area contributed by atoms with Gasteiger partial charge in [0.1, 0.15) is 10.5 Å². The van der Waals surface area contributed by atoms with E-state index in [1.165, 1.54) is 11.5 Å². The van der Waals surface area contributed by atoms with Gasteiger partial charge in [0.05, 0.1) is 5.52 Å². The van der Waals surface area contributed by atoms with E-state index in [1.54, 1.807) is 6.92 Å². The van der Waals surface area contributed by atoms with Crippen LogP contribution in [0.4, 0.5) is 5.00 Å². The highest BCUT2D eigenvalue weighted by Crippen LogP contribution is 2.31. The maximum absolute atomic E-state index is 11.4. The van der Waals surface area contributed by atoms with Gasteiger partial charge in [0, 0.05) is 5.39 Å². The third kappa shape index (κ3) is 2.31. The summed E-state index contributed by atoms with van der Waals surface area (Å²) in [7, 11) is 0. The molecule has 18 heavy (non-hydrogen) atoms. The number of carboxylic acids is 1. The first-order valence-electron chi connectivity index (χ1n) is 5.93. The van der Waals surface area contributed by atoms with E-state index in [9.17, 15) is 9.90 Å². The minimum atomic E-state index is -0.940. The molecule has 0 spiro atoms. The standard InChI is InChI=1S/C13H16N2O2S/c1-3-8-13(2,12(16)17)14-11-9-6-4-5-7-10(9)15-18-11/h4-7,14H,3,8H2,1-2H3,(H,16,17). The molecule has 0 saturated carbocycles. The van der Waals surface area contributed by atoms with E-state index in [1.807, 2.05) is 31.2 Å². The van der Waals surface area contributed by atoms with Crippen molar-refractivity contribution in [2.45, 2.75) is 32.2 Å². The highest BCUT2D eigenvalue weighted by atomic mass is 32.1. The van der Waals surface area contributed by atoms with Crippen molar-refractivity contribution in [1.29, 1.82) is 0 Å². The minimum Gasteiger partial charge on any atom is -0.480 e. The smallest absolute Gasteiger partial charge is 0.329 e. The van der Waals surface area contributed by atoms with Gasteiger partial charge < -0.3 is 10.4 Å². The van der Waals surface area contributed by atoms with Gasteiger partial charge in [-0.2, -0.15) is 4.37 Å². The Bertz CT molecular complexity index is 567. The molecule has 0 amide bonds. The van der Waals surface area contributed by atoms with Crippen molar-refractivity contribution in [3.8, 4) is 0 Å². The molecule has 0 saturated heterocycles. The van der Waals surface area contributed by atoms with Crippen LogP contribution in [0.15, 0.2) is 24.3 Å². The molecular formula is C13H16N2O2S. The second-order valence-electron chi connectivity index (χ2n) is 4.54. The van der Waals surface area contributed by atoms with E-state index >= 15 is 0 Å². The summed E-state index contributed by atoms with van der Waals surface area (Å²) >= 11 is 1.31. The van der Waals surface area contributed by atoms with E-state index in [0.29, 0.717) is 6.42 Å². The number of fused-ring (bicyclic) bond motifs is 1. The fourth-order valence-corrected chi connectivity index (χ4v) is 2.84. The molecule has 2 N–H and O–H groups in total. The lowest BCUT2D eigenvalue weighted by Gasteiger charge is -2.26. The number of aliphatic carboxylic acids is 1. The van der Waals surface area contributed by atoms with Crippen molar-refractivity contribution in [1.82, 2.24) is 4.37 Å². The zero-order valence-corrected chi connectivity index (χ0v) is 11.3. The Morgan fingerprint density at radius 3 is 2.89 bits per heavy atom. The van der Waals surface area contributed by atoms with Crippen LogP contribution in [0.5, 0.6) is 0 Å². The summed E-state index contributed by atoms with van der Waals surface area (Å²) in [5.41, 5.74) is -0.0430. The van der Waals surface area contributed by atoms with Gasteiger partial charge in [-0.3, -0.25) is 0 Å². The van der Waals surface area contributed by atoms with Gasteiger partial charge in [-0.25, -0.2) is 4.79 Å². The third-order valence-corrected chi connectivity index (χ3v) is 3.79. The number of carboxylic acid groups (broad SMARTS) is 1. The van der Waals surface area contributed by atoms with Crippen LogP contribution in [-0.2, 0) is 4.79 Å². The number of nitrogens with one attached hydrogen (secondary N) is 1. The van der Waals surface area contributed by atoms with Gasteiger partial charge in [-0.05, 0) is 37.0 Å². The van der Waals surface area contributed by atoms with Crippen molar-refractivity contribution < 1.29 is 9.90 Å². The average molecular weight is 264 g/mol. The first-order chi connectivity index (χ1) is 8.57. The average Bonchev–Trinajstić information content (AvgIpc) is 2.73. The molecule has 0 radical (unpaired) electrons. The predicted molar refractivity (Wildman–Crippen MR) is 74.2 cm³/mol. The Balaban J connectivity index is 2.34. The lowest BCUT2D eigenvalue weighted by molar-refractivity contribution is -0.141. The molecule has 2 rings (SSSR count). The van der Waals surface area contributed by atoms with Crippen molar-refractivity contribution >= 4 is 33.4 Å². The van der Waals surface area contributed by atoms with Gasteiger partial charge in [0.15, 0.2) is 0 Å². The molecular weight excluding hydrogens is 248 g/mol. The maximum atomic E-state index is 11.4. The van der Waals surface area contributed by atoms with Crippen LogP contribution in [-0.4, -0.2) is 21.0 Å². The van der Waals surface area contributed by atoms with E-state index in [2.05, 4.69) is 9.69 Å². The van der Waals surface area contributed by atoms with Crippen LogP contribution in [0, 0.1) is 0 Å². The Morgan fingerprint density at radius 2 is 2.22 bits per heavy atom. The van der Waals surface area contributed by atoms with Gasteiger partial charge in [0.2, 0.25) is 0 Å². The molecule has 1 unspecified atom stereocenters. The molecule has 1 atom stereocenters. The molecule has 96 valence electrons. The monoisotopic (exact) mass is 264 g/mol. The molecule has 0 bridgehead atoms. The summed E-state index contributed by atoms with van der Waals surface area (Å²) < 4.78 is 4.31. The first-order valence-corrected chi connectivity index (χ1v) is 6.70. The van der Waals surface area contributed by atoms with E-state index < -0.39 is 11.5 Å². The topological polar surface area (TPSA) is 62.2 Å². The third-order valence-electron chi connectivity index (χ3n) is 3.00. The fraction of sp³-hybridized carbons (Fsp3) is 0.385. The summed E-state index contributed by atoms with van der Waals surface area (Å²) in [6, 6.07) is 7.73. The SMILES string of the molecule is CCCC(C)(Nc1snc2ccccc12)C(=O)O. The summed E-state index contributed by atoms with van der Waals surface area (Å²) in [6.07, 6.45) is 1.39. The molecule has 0 aliphatic carbocycles. The molecule has 2 aromatic rings. The summed E-state index contributed by atoms with van der Waals surface area (Å²) in [5.74, 6) is -0.832. The number of nitrogens with zero attached hydrogens (tertiary/aromatic N) is 1. The van der Waals surface area contributed by atoms with E-state index in [0.717, 1.165) is 22.3 Å². The Morgan fingerprint density at radius 1 is 1.50 bits per heavy atom. The first kappa shape index (κ1) is 12.8. The Hall–Kier alpha value is -1.62. The largest absolute Gasteiger partial charge is 0.480 e. The molecule has 0 aliphatic heterocycles. The van der Waals surface area contributed by atoms with Crippen molar-refractivity contribution in [2.75, 3.05) is 5.32 Å².